The van der Waals surface area contributed by atoms with Gasteiger partial charge in [-0.05, 0) is 5.04 Å². The van der Waals surface area contributed by atoms with Crippen molar-refractivity contribution in [3.8, 4) is 0 Å². The molecule has 61 valence electrons. The molecule has 0 saturated heterocycles. The van der Waals surface area contributed by atoms with Gasteiger partial charge in [0.05, 0.1) is 0 Å². The van der Waals surface area contributed by atoms with Crippen molar-refractivity contribution in [3.05, 3.63) is 0 Å². The van der Waals surface area contributed by atoms with E-state index in [1.807, 2.05) is 0 Å². The Bertz CT molecular complexity index is 64.1. The van der Waals surface area contributed by atoms with Crippen LogP contribution in [-0.4, -0.2) is 24.2 Å². The quantitative estimate of drug-likeness (QED) is 0.547. The van der Waals surface area contributed by atoms with E-state index in [4.69, 9.17) is 0 Å². The van der Waals surface area contributed by atoms with Gasteiger partial charge < -0.3 is 0 Å². The summed E-state index contributed by atoms with van der Waals surface area (Å²) in [6.07, 6.45) is 0. The van der Waals surface area contributed by atoms with E-state index < -0.39 is 0 Å². The molecule has 0 aromatic carbocycles. The first-order chi connectivity index (χ1) is 4.36. The molecule has 0 unspecified atom stereocenters. The summed E-state index contributed by atoms with van der Waals surface area (Å²) < 4.78 is 0. The fourth-order valence-electron chi connectivity index (χ4n) is 0. The van der Waals surface area contributed by atoms with Gasteiger partial charge in [-0.1, -0.05) is 33.9 Å². The van der Waals surface area contributed by atoms with Crippen LogP contribution in [0.25, 0.3) is 0 Å². The summed E-state index contributed by atoms with van der Waals surface area (Å²) in [4.78, 5) is 0. The standard InChI is InChI=1S/C6H15Si.C2H6Ge/c1-6(2,3)7(4)5;1-3-2/h1-5H3;1-2H3. The Hall–Kier alpha value is 0.760. The molecule has 0 N–H and O–H groups in total. The molecule has 0 aromatic heterocycles. The van der Waals surface area contributed by atoms with Crippen molar-refractivity contribution in [3.63, 3.8) is 0 Å². The summed E-state index contributed by atoms with van der Waals surface area (Å²) in [5.74, 6) is 4.50. The van der Waals surface area contributed by atoms with Crippen molar-refractivity contribution < 1.29 is 0 Å². The van der Waals surface area contributed by atoms with Crippen LogP contribution in [0.2, 0.25) is 29.6 Å². The molecule has 0 aromatic rings. The van der Waals surface area contributed by atoms with Gasteiger partial charge in [-0.2, -0.15) is 0 Å². The summed E-state index contributed by atoms with van der Waals surface area (Å²) in [6.45, 7) is 11.6. The molecule has 0 nitrogen and oxygen atoms in total. The topological polar surface area (TPSA) is 0 Å². The summed E-state index contributed by atoms with van der Waals surface area (Å²) in [5.41, 5.74) is 0. The fraction of sp³-hybridized carbons (Fsp3) is 1.00. The molecule has 0 aliphatic rings. The van der Waals surface area contributed by atoms with E-state index in [0.717, 1.165) is 0 Å². The van der Waals surface area contributed by atoms with Crippen molar-refractivity contribution in [2.24, 2.45) is 0 Å². The Morgan fingerprint density at radius 1 is 1.00 bits per heavy atom. The summed E-state index contributed by atoms with van der Waals surface area (Å²) in [6, 6.07) is 0. The first-order valence-electron chi connectivity index (χ1n) is 3.75. The van der Waals surface area contributed by atoms with Gasteiger partial charge in [-0.15, -0.1) is 0 Å². The molecule has 0 bridgehead atoms. The second kappa shape index (κ2) is 6.47. The molecule has 0 fully saturated rings. The number of hydrogen-bond acceptors (Lipinski definition) is 0. The van der Waals surface area contributed by atoms with E-state index >= 15 is 0 Å². The molecule has 0 aliphatic carbocycles. The van der Waals surface area contributed by atoms with E-state index in [0.29, 0.717) is 20.5 Å². The van der Waals surface area contributed by atoms with Crippen LogP contribution >= 0.6 is 0 Å². The second-order valence-electron chi connectivity index (χ2n) is 3.75. The molecule has 10 heavy (non-hydrogen) atoms. The van der Waals surface area contributed by atoms with Crippen LogP contribution < -0.4 is 0 Å². The van der Waals surface area contributed by atoms with Crippen LogP contribution in [0.4, 0.5) is 0 Å². The Morgan fingerprint density at radius 3 is 1.10 bits per heavy atom. The van der Waals surface area contributed by atoms with E-state index in [2.05, 4.69) is 45.4 Å². The van der Waals surface area contributed by atoms with Gasteiger partial charge in [0.1, 0.15) is 0 Å². The maximum atomic E-state index is 2.35. The summed E-state index contributed by atoms with van der Waals surface area (Å²) in [5, 5.41) is 0.602. The van der Waals surface area contributed by atoms with E-state index in [1.54, 1.807) is 0 Å². The minimum absolute atomic E-state index is 0.0502. The van der Waals surface area contributed by atoms with E-state index in [9.17, 15) is 0 Å². The molecule has 0 heterocycles. The third kappa shape index (κ3) is 11.5. The first kappa shape index (κ1) is 13.4. The predicted octanol–water partition coefficient (Wildman–Crippen LogP) is 3.33. The molecule has 0 spiro atoms. The zero-order chi connectivity index (χ0) is 8.78. The Morgan fingerprint density at radius 2 is 1.10 bits per heavy atom. The molecular weight excluding hydrogens is 197 g/mol. The molecule has 2 heteroatoms. The van der Waals surface area contributed by atoms with Crippen molar-refractivity contribution in [1.82, 2.24) is 0 Å². The van der Waals surface area contributed by atoms with Crippen molar-refractivity contribution in [1.29, 1.82) is 0 Å². The van der Waals surface area contributed by atoms with Crippen LogP contribution in [-0.2, 0) is 0 Å². The number of rotatable bonds is 0. The van der Waals surface area contributed by atoms with Crippen LogP contribution in [0.1, 0.15) is 20.8 Å². The van der Waals surface area contributed by atoms with E-state index in [1.165, 1.54) is 0 Å². The third-order valence-electron chi connectivity index (χ3n) is 1.50. The Labute approximate surface area is 74.9 Å². The molecule has 3 radical (unpaired) electrons. The molecule has 0 amide bonds. The predicted molar refractivity (Wildman–Crippen MR) is 54.7 cm³/mol. The van der Waals surface area contributed by atoms with Crippen molar-refractivity contribution >= 4 is 24.2 Å². The summed E-state index contributed by atoms with van der Waals surface area (Å²) in [7, 11) is -0.0502. The van der Waals surface area contributed by atoms with Gasteiger partial charge in [-0.3, -0.25) is 0 Å². The number of hydrogen-bond donors (Lipinski definition) is 0. The van der Waals surface area contributed by atoms with Gasteiger partial charge in [-0.25, -0.2) is 0 Å². The Kier molecular flexibility index (Phi) is 8.64. The monoisotopic (exact) mass is 219 g/mol. The molecule has 0 rings (SSSR count). The minimum atomic E-state index is -0.0502. The van der Waals surface area contributed by atoms with Gasteiger partial charge in [0.25, 0.3) is 0 Å². The molecule has 0 atom stereocenters. The van der Waals surface area contributed by atoms with E-state index in [-0.39, 0.29) is 8.80 Å². The van der Waals surface area contributed by atoms with Crippen LogP contribution in [0.15, 0.2) is 0 Å². The molecule has 0 saturated carbocycles. The van der Waals surface area contributed by atoms with Crippen molar-refractivity contribution in [2.45, 2.75) is 50.4 Å². The molecule has 0 aliphatic heterocycles. The zero-order valence-electron chi connectivity index (χ0n) is 8.50. The average Bonchev–Trinajstić information content (AvgIpc) is 1.64. The summed E-state index contributed by atoms with van der Waals surface area (Å²) >= 11 is 0.500. The van der Waals surface area contributed by atoms with Crippen LogP contribution in [0.5, 0.6) is 0 Å². The zero-order valence-corrected chi connectivity index (χ0v) is 11.6. The fourth-order valence-corrected chi connectivity index (χ4v) is 0. The van der Waals surface area contributed by atoms with Crippen molar-refractivity contribution in [2.75, 3.05) is 0 Å². The van der Waals surface area contributed by atoms with Gasteiger partial charge >= 0.3 is 26.9 Å². The SMILES string of the molecule is C[Si](C)C(C)(C)C.[CH3][Ge][CH3]. The Balaban J connectivity index is 0. The van der Waals surface area contributed by atoms with Gasteiger partial charge in [0.15, 0.2) is 0 Å². The second-order valence-corrected chi connectivity index (χ2v) is 9.35. The van der Waals surface area contributed by atoms with Gasteiger partial charge in [0, 0.05) is 8.80 Å². The first-order valence-corrected chi connectivity index (χ1v) is 10.4. The molecular formula is C8H21GeSi. The normalized spacial score (nSPS) is 10.8. The third-order valence-corrected chi connectivity index (χ3v) is 4.50. The maximum absolute atomic E-state index is 2.35. The average molecular weight is 218 g/mol. The van der Waals surface area contributed by atoms with Gasteiger partial charge in [0.2, 0.25) is 0 Å². The van der Waals surface area contributed by atoms with Crippen LogP contribution in [0, 0.1) is 0 Å². The van der Waals surface area contributed by atoms with Crippen LogP contribution in [0.3, 0.4) is 0 Å².